The molecular weight excluding hydrogens is 514 g/mol. The van der Waals surface area contributed by atoms with Crippen molar-refractivity contribution in [3.63, 3.8) is 0 Å². The van der Waals surface area contributed by atoms with E-state index >= 15 is 0 Å². The van der Waals surface area contributed by atoms with Gasteiger partial charge in [0.1, 0.15) is 18.3 Å². The fourth-order valence-electron chi connectivity index (χ4n) is 4.41. The van der Waals surface area contributed by atoms with Gasteiger partial charge in [-0.15, -0.1) is 0 Å². The molecular formula is C30H37N3O5S. The standard InChI is InChI=1S/C30H37N3O5S/c1-6-26(30(35)31-4)32(19-18-24-10-8-7-9-11-24)29(34)21-33(27-20-23(3)14-17-28(27)38-5)39(36,37)25-15-12-22(2)13-16-25/h7-17,20,26H,6,18-19,21H2,1-5H3,(H,31,35). The van der Waals surface area contributed by atoms with Crippen LogP contribution < -0.4 is 14.4 Å². The molecule has 0 fully saturated rings. The first-order valence-corrected chi connectivity index (χ1v) is 14.3. The Kier molecular flexibility index (Phi) is 10.1. The third kappa shape index (κ3) is 7.17. The Labute approximate surface area is 231 Å². The number of carbonyl (C=O) groups excluding carboxylic acids is 2. The summed E-state index contributed by atoms with van der Waals surface area (Å²) in [5.41, 5.74) is 2.97. The number of sulfonamides is 1. The summed E-state index contributed by atoms with van der Waals surface area (Å²) < 4.78 is 34.6. The second-order valence-corrected chi connectivity index (χ2v) is 11.2. The number of anilines is 1. The van der Waals surface area contributed by atoms with Crippen LogP contribution in [-0.2, 0) is 26.0 Å². The quantitative estimate of drug-likeness (QED) is 0.366. The largest absolute Gasteiger partial charge is 0.495 e. The van der Waals surface area contributed by atoms with Gasteiger partial charge in [-0.3, -0.25) is 13.9 Å². The van der Waals surface area contributed by atoms with Crippen LogP contribution >= 0.6 is 0 Å². The smallest absolute Gasteiger partial charge is 0.264 e. The van der Waals surface area contributed by atoms with Crippen molar-refractivity contribution >= 4 is 27.5 Å². The van der Waals surface area contributed by atoms with E-state index < -0.39 is 28.5 Å². The highest BCUT2D eigenvalue weighted by molar-refractivity contribution is 7.92. The lowest BCUT2D eigenvalue weighted by atomic mass is 10.1. The van der Waals surface area contributed by atoms with E-state index in [2.05, 4.69) is 5.32 Å². The third-order valence-corrected chi connectivity index (χ3v) is 8.38. The summed E-state index contributed by atoms with van der Waals surface area (Å²) in [5.74, 6) is -0.473. The molecule has 3 rings (SSSR count). The molecule has 0 aromatic heterocycles. The molecule has 0 heterocycles. The number of benzene rings is 3. The lowest BCUT2D eigenvalue weighted by Gasteiger charge is -2.33. The maximum atomic E-state index is 14.0. The van der Waals surface area contributed by atoms with E-state index in [1.165, 1.54) is 31.2 Å². The molecule has 3 aromatic rings. The number of hydrogen-bond acceptors (Lipinski definition) is 5. The van der Waals surface area contributed by atoms with Gasteiger partial charge in [0.05, 0.1) is 17.7 Å². The van der Waals surface area contributed by atoms with Gasteiger partial charge in [-0.2, -0.15) is 0 Å². The fraction of sp³-hybridized carbons (Fsp3) is 0.333. The van der Waals surface area contributed by atoms with Crippen molar-refractivity contribution in [1.29, 1.82) is 0 Å². The molecule has 8 nitrogen and oxygen atoms in total. The molecule has 0 aliphatic rings. The fourth-order valence-corrected chi connectivity index (χ4v) is 5.82. The SMILES string of the molecule is CCC(C(=O)NC)N(CCc1ccccc1)C(=O)CN(c1cc(C)ccc1OC)S(=O)(=O)c1ccc(C)cc1. The van der Waals surface area contributed by atoms with Gasteiger partial charge in [0.15, 0.2) is 0 Å². The van der Waals surface area contributed by atoms with Gasteiger partial charge >= 0.3 is 0 Å². The van der Waals surface area contributed by atoms with Crippen LogP contribution in [0, 0.1) is 13.8 Å². The van der Waals surface area contributed by atoms with E-state index in [1.807, 2.05) is 57.2 Å². The summed E-state index contributed by atoms with van der Waals surface area (Å²) in [7, 11) is -1.19. The van der Waals surface area contributed by atoms with Gasteiger partial charge in [-0.05, 0) is 62.1 Å². The molecule has 0 aliphatic heterocycles. The van der Waals surface area contributed by atoms with Gasteiger partial charge in [-0.1, -0.05) is 61.0 Å². The molecule has 1 N–H and O–H groups in total. The van der Waals surface area contributed by atoms with Crippen molar-refractivity contribution in [2.75, 3.05) is 31.6 Å². The summed E-state index contributed by atoms with van der Waals surface area (Å²) in [6, 6.07) is 20.5. The van der Waals surface area contributed by atoms with Gasteiger partial charge in [0.25, 0.3) is 10.0 Å². The number of nitrogens with zero attached hydrogens (tertiary/aromatic N) is 2. The number of nitrogens with one attached hydrogen (secondary N) is 1. The van der Waals surface area contributed by atoms with Crippen LogP contribution in [0.4, 0.5) is 5.69 Å². The van der Waals surface area contributed by atoms with Crippen molar-refractivity contribution in [3.8, 4) is 5.75 Å². The van der Waals surface area contributed by atoms with Crippen LogP contribution in [0.5, 0.6) is 5.75 Å². The van der Waals surface area contributed by atoms with E-state index in [0.29, 0.717) is 18.6 Å². The number of rotatable bonds is 12. The third-order valence-electron chi connectivity index (χ3n) is 6.61. The average molecular weight is 552 g/mol. The average Bonchev–Trinajstić information content (AvgIpc) is 2.94. The van der Waals surface area contributed by atoms with Crippen LogP contribution in [0.25, 0.3) is 0 Å². The molecule has 1 atom stereocenters. The Hall–Kier alpha value is -3.85. The number of carbonyl (C=O) groups is 2. The number of likely N-dealkylation sites (N-methyl/N-ethyl adjacent to an activating group) is 1. The zero-order valence-corrected chi connectivity index (χ0v) is 24.0. The number of amides is 2. The molecule has 39 heavy (non-hydrogen) atoms. The molecule has 0 spiro atoms. The summed E-state index contributed by atoms with van der Waals surface area (Å²) >= 11 is 0. The van der Waals surface area contributed by atoms with E-state index in [0.717, 1.165) is 21.0 Å². The molecule has 0 aliphatic carbocycles. The Morgan fingerprint density at radius 2 is 1.59 bits per heavy atom. The highest BCUT2D eigenvalue weighted by Crippen LogP contribution is 2.33. The van der Waals surface area contributed by atoms with Crippen LogP contribution in [0.1, 0.15) is 30.0 Å². The Morgan fingerprint density at radius 1 is 0.949 bits per heavy atom. The van der Waals surface area contributed by atoms with Crippen LogP contribution in [0.3, 0.4) is 0 Å². The maximum Gasteiger partial charge on any atom is 0.264 e. The Morgan fingerprint density at radius 3 is 2.18 bits per heavy atom. The second-order valence-electron chi connectivity index (χ2n) is 9.36. The molecule has 0 radical (unpaired) electrons. The van der Waals surface area contributed by atoms with Gasteiger partial charge in [-0.25, -0.2) is 8.42 Å². The highest BCUT2D eigenvalue weighted by Gasteiger charge is 2.34. The summed E-state index contributed by atoms with van der Waals surface area (Å²) in [6.07, 6.45) is 0.886. The van der Waals surface area contributed by atoms with Crippen LogP contribution in [0.2, 0.25) is 0 Å². The first-order chi connectivity index (χ1) is 18.6. The Balaban J connectivity index is 2.07. The summed E-state index contributed by atoms with van der Waals surface area (Å²) in [6.45, 7) is 5.28. The number of hydrogen-bond donors (Lipinski definition) is 1. The van der Waals surface area contributed by atoms with E-state index in [-0.39, 0.29) is 23.0 Å². The van der Waals surface area contributed by atoms with Crippen LogP contribution in [0.15, 0.2) is 77.7 Å². The normalized spacial score (nSPS) is 11.9. The molecule has 9 heteroatoms. The summed E-state index contributed by atoms with van der Waals surface area (Å²) in [4.78, 5) is 28.3. The minimum absolute atomic E-state index is 0.0543. The maximum absolute atomic E-state index is 14.0. The first-order valence-electron chi connectivity index (χ1n) is 12.9. The van der Waals surface area contributed by atoms with E-state index in [1.54, 1.807) is 24.3 Å². The predicted molar refractivity (Wildman–Crippen MR) is 153 cm³/mol. The van der Waals surface area contributed by atoms with Crippen molar-refractivity contribution in [2.24, 2.45) is 0 Å². The molecule has 208 valence electrons. The zero-order valence-electron chi connectivity index (χ0n) is 23.2. The van der Waals surface area contributed by atoms with Crippen molar-refractivity contribution in [2.45, 2.75) is 44.6 Å². The van der Waals surface area contributed by atoms with Crippen LogP contribution in [-0.4, -0.2) is 58.4 Å². The lowest BCUT2D eigenvalue weighted by molar-refractivity contribution is -0.139. The summed E-state index contributed by atoms with van der Waals surface area (Å²) in [5, 5.41) is 2.64. The number of aryl methyl sites for hydroxylation is 2. The molecule has 0 saturated heterocycles. The van der Waals surface area contributed by atoms with Crippen molar-refractivity contribution in [1.82, 2.24) is 10.2 Å². The minimum Gasteiger partial charge on any atom is -0.495 e. The van der Waals surface area contributed by atoms with Gasteiger partial charge < -0.3 is 15.0 Å². The van der Waals surface area contributed by atoms with E-state index in [9.17, 15) is 18.0 Å². The van der Waals surface area contributed by atoms with Crippen molar-refractivity contribution in [3.05, 3.63) is 89.5 Å². The monoisotopic (exact) mass is 551 g/mol. The minimum atomic E-state index is -4.17. The van der Waals surface area contributed by atoms with Gasteiger partial charge in [0, 0.05) is 13.6 Å². The predicted octanol–water partition coefficient (Wildman–Crippen LogP) is 4.10. The molecule has 2 amide bonds. The lowest BCUT2D eigenvalue weighted by Crippen LogP contribution is -2.52. The van der Waals surface area contributed by atoms with Crippen molar-refractivity contribution < 1.29 is 22.7 Å². The molecule has 0 saturated carbocycles. The highest BCUT2D eigenvalue weighted by atomic mass is 32.2. The topological polar surface area (TPSA) is 96.0 Å². The van der Waals surface area contributed by atoms with Gasteiger partial charge in [0.2, 0.25) is 11.8 Å². The Bertz CT molecular complexity index is 1380. The number of ether oxygens (including phenoxy) is 1. The number of methoxy groups -OCH3 is 1. The molecule has 0 bridgehead atoms. The van der Waals surface area contributed by atoms with E-state index in [4.69, 9.17) is 4.74 Å². The second kappa shape index (κ2) is 13.3. The first kappa shape index (κ1) is 29.7. The molecule has 3 aromatic carbocycles. The zero-order chi connectivity index (χ0) is 28.6. The molecule has 1 unspecified atom stereocenters.